The van der Waals surface area contributed by atoms with E-state index in [0.29, 0.717) is 0 Å². The summed E-state index contributed by atoms with van der Waals surface area (Å²) in [6.45, 7) is -0.164. The van der Waals surface area contributed by atoms with Gasteiger partial charge in [-0.05, 0) is 18.2 Å². The van der Waals surface area contributed by atoms with Crippen molar-refractivity contribution in [3.05, 3.63) is 23.2 Å². The van der Waals surface area contributed by atoms with Crippen LogP contribution in [-0.2, 0) is 19.9 Å². The Kier molecular flexibility index (Phi) is 4.60. The number of halogens is 1. The van der Waals surface area contributed by atoms with Gasteiger partial charge in [0.1, 0.15) is 17.3 Å². The summed E-state index contributed by atoms with van der Waals surface area (Å²) >= 11 is 5.66. The monoisotopic (exact) mass is 313 g/mol. The topological polar surface area (TPSA) is 104 Å². The lowest BCUT2D eigenvalue weighted by Crippen LogP contribution is -2.16. The van der Waals surface area contributed by atoms with Gasteiger partial charge in [-0.1, -0.05) is 11.6 Å². The lowest BCUT2D eigenvalue weighted by molar-refractivity contribution is 0.332. The summed E-state index contributed by atoms with van der Waals surface area (Å²) in [7, 11) is -7.16. The molecule has 9 heteroatoms. The standard InChI is InChI=1S/C9H12ClNO5S2/c1-17(12,13)5-4-16-8-3-2-7(10)6-9(8)18(11,14)15/h2-3,6H,4-5H2,1H3,(H2,11,14,15). The number of ether oxygens (including phenoxy) is 1. The summed E-state index contributed by atoms with van der Waals surface area (Å²) in [6, 6.07) is 3.89. The van der Waals surface area contributed by atoms with Gasteiger partial charge < -0.3 is 4.74 Å². The van der Waals surface area contributed by atoms with E-state index in [9.17, 15) is 16.8 Å². The lowest BCUT2D eigenvalue weighted by atomic mass is 10.3. The van der Waals surface area contributed by atoms with E-state index in [2.05, 4.69) is 0 Å². The van der Waals surface area contributed by atoms with Crippen molar-refractivity contribution in [2.75, 3.05) is 18.6 Å². The number of hydrogen-bond donors (Lipinski definition) is 1. The first-order valence-corrected chi connectivity index (χ1v) is 8.71. The van der Waals surface area contributed by atoms with E-state index < -0.39 is 19.9 Å². The summed E-state index contributed by atoms with van der Waals surface area (Å²) in [5, 5.41) is 5.19. The van der Waals surface area contributed by atoms with Crippen molar-refractivity contribution >= 4 is 31.5 Å². The summed E-state index contributed by atoms with van der Waals surface area (Å²) in [5.41, 5.74) is 0. The maximum Gasteiger partial charge on any atom is 0.241 e. The number of benzene rings is 1. The van der Waals surface area contributed by atoms with Gasteiger partial charge in [0.15, 0.2) is 9.84 Å². The van der Waals surface area contributed by atoms with Crippen molar-refractivity contribution in [1.29, 1.82) is 0 Å². The van der Waals surface area contributed by atoms with Crippen LogP contribution in [0.2, 0.25) is 5.02 Å². The van der Waals surface area contributed by atoms with Crippen LogP contribution in [0, 0.1) is 0 Å². The third-order valence-electron chi connectivity index (χ3n) is 1.92. The molecule has 102 valence electrons. The molecule has 0 saturated carbocycles. The molecule has 0 radical (unpaired) electrons. The van der Waals surface area contributed by atoms with Crippen molar-refractivity contribution in [3.8, 4) is 5.75 Å². The van der Waals surface area contributed by atoms with E-state index in [0.717, 1.165) is 12.3 Å². The average molecular weight is 314 g/mol. The number of primary sulfonamides is 1. The molecule has 1 rings (SSSR count). The van der Waals surface area contributed by atoms with Crippen molar-refractivity contribution in [1.82, 2.24) is 0 Å². The Morgan fingerprint density at radius 3 is 2.39 bits per heavy atom. The summed E-state index contributed by atoms with van der Waals surface area (Å²) in [6.07, 6.45) is 1.05. The average Bonchev–Trinajstić information content (AvgIpc) is 2.17. The highest BCUT2D eigenvalue weighted by Crippen LogP contribution is 2.26. The van der Waals surface area contributed by atoms with E-state index in [1.54, 1.807) is 0 Å². The molecule has 18 heavy (non-hydrogen) atoms. The second kappa shape index (κ2) is 5.43. The summed E-state index contributed by atoms with van der Waals surface area (Å²) < 4.78 is 49.5. The molecule has 0 aliphatic carbocycles. The van der Waals surface area contributed by atoms with E-state index in [-0.39, 0.29) is 28.0 Å². The zero-order chi connectivity index (χ0) is 14.0. The Morgan fingerprint density at radius 2 is 1.89 bits per heavy atom. The third kappa shape index (κ3) is 4.81. The highest BCUT2D eigenvalue weighted by atomic mass is 35.5. The molecule has 0 amide bonds. The first-order chi connectivity index (χ1) is 8.09. The molecule has 0 unspecified atom stereocenters. The van der Waals surface area contributed by atoms with Gasteiger partial charge in [-0.2, -0.15) is 0 Å². The van der Waals surface area contributed by atoms with Gasteiger partial charge in [-0.15, -0.1) is 0 Å². The molecule has 0 aromatic heterocycles. The Bertz CT molecular complexity index is 639. The molecule has 0 saturated heterocycles. The maximum atomic E-state index is 11.3. The normalized spacial score (nSPS) is 12.4. The van der Waals surface area contributed by atoms with Gasteiger partial charge >= 0.3 is 0 Å². The molecule has 0 spiro atoms. The number of rotatable bonds is 5. The minimum absolute atomic E-state index is 0.0226. The van der Waals surface area contributed by atoms with Crippen molar-refractivity contribution < 1.29 is 21.6 Å². The van der Waals surface area contributed by atoms with Crippen LogP contribution in [-0.4, -0.2) is 35.5 Å². The zero-order valence-corrected chi connectivity index (χ0v) is 11.8. The van der Waals surface area contributed by atoms with Crippen LogP contribution >= 0.6 is 11.6 Å². The fraction of sp³-hybridized carbons (Fsp3) is 0.333. The van der Waals surface area contributed by atoms with Crippen LogP contribution in [0.4, 0.5) is 0 Å². The van der Waals surface area contributed by atoms with E-state index >= 15 is 0 Å². The fourth-order valence-electron chi connectivity index (χ4n) is 1.13. The second-order valence-electron chi connectivity index (χ2n) is 3.61. The lowest BCUT2D eigenvalue weighted by Gasteiger charge is -2.09. The minimum Gasteiger partial charge on any atom is -0.491 e. The first-order valence-electron chi connectivity index (χ1n) is 4.72. The molecule has 1 aromatic rings. The SMILES string of the molecule is CS(=O)(=O)CCOc1ccc(Cl)cc1S(N)(=O)=O. The Hall–Kier alpha value is -0.830. The molecule has 0 aliphatic heterocycles. The third-order valence-corrected chi connectivity index (χ3v) is 4.00. The van der Waals surface area contributed by atoms with Gasteiger partial charge in [0.25, 0.3) is 0 Å². The smallest absolute Gasteiger partial charge is 0.241 e. The largest absolute Gasteiger partial charge is 0.491 e. The van der Waals surface area contributed by atoms with Gasteiger partial charge in [0.2, 0.25) is 10.0 Å². The maximum absolute atomic E-state index is 11.3. The number of sulfonamides is 1. The number of hydrogen-bond acceptors (Lipinski definition) is 5. The van der Waals surface area contributed by atoms with Crippen LogP contribution < -0.4 is 9.88 Å². The van der Waals surface area contributed by atoms with Crippen LogP contribution in [0.25, 0.3) is 0 Å². The minimum atomic E-state index is -3.98. The molecule has 0 aliphatic rings. The van der Waals surface area contributed by atoms with Crippen LogP contribution in [0.15, 0.2) is 23.1 Å². The number of sulfone groups is 1. The molecule has 2 N–H and O–H groups in total. The van der Waals surface area contributed by atoms with Crippen molar-refractivity contribution in [2.24, 2.45) is 5.14 Å². The van der Waals surface area contributed by atoms with E-state index in [1.807, 2.05) is 0 Å². The molecule has 0 heterocycles. The summed E-state index contributed by atoms with van der Waals surface area (Å²) in [4.78, 5) is -0.275. The fourth-order valence-corrected chi connectivity index (χ4v) is 2.45. The molecule has 1 aromatic carbocycles. The van der Waals surface area contributed by atoms with Gasteiger partial charge in [-0.25, -0.2) is 22.0 Å². The van der Waals surface area contributed by atoms with Gasteiger partial charge in [0.05, 0.1) is 5.75 Å². The Balaban J connectivity index is 2.96. The molecule has 0 atom stereocenters. The highest BCUT2D eigenvalue weighted by molar-refractivity contribution is 7.90. The van der Waals surface area contributed by atoms with Gasteiger partial charge in [-0.3, -0.25) is 0 Å². The molecular formula is C9H12ClNO5S2. The number of nitrogens with two attached hydrogens (primary N) is 1. The second-order valence-corrected chi connectivity index (χ2v) is 7.84. The highest BCUT2D eigenvalue weighted by Gasteiger charge is 2.16. The van der Waals surface area contributed by atoms with E-state index in [1.165, 1.54) is 12.1 Å². The van der Waals surface area contributed by atoms with Crippen molar-refractivity contribution in [2.45, 2.75) is 4.90 Å². The zero-order valence-electron chi connectivity index (χ0n) is 9.46. The predicted octanol–water partition coefficient (Wildman–Crippen LogP) is 0.411. The predicted molar refractivity (Wildman–Crippen MR) is 68.0 cm³/mol. The molecule has 0 fully saturated rings. The van der Waals surface area contributed by atoms with Crippen LogP contribution in [0.5, 0.6) is 5.75 Å². The van der Waals surface area contributed by atoms with Crippen LogP contribution in [0.3, 0.4) is 0 Å². The molecule has 6 nitrogen and oxygen atoms in total. The molecular weight excluding hydrogens is 302 g/mol. The van der Waals surface area contributed by atoms with Crippen LogP contribution in [0.1, 0.15) is 0 Å². The Labute approximate surface area is 111 Å². The summed E-state index contributed by atoms with van der Waals surface area (Å²) in [5.74, 6) is -0.245. The van der Waals surface area contributed by atoms with E-state index in [4.69, 9.17) is 21.5 Å². The van der Waals surface area contributed by atoms with Crippen molar-refractivity contribution in [3.63, 3.8) is 0 Å². The van der Waals surface area contributed by atoms with Gasteiger partial charge in [0, 0.05) is 11.3 Å². The molecule has 0 bridgehead atoms. The quantitative estimate of drug-likeness (QED) is 0.848. The Morgan fingerprint density at radius 1 is 1.28 bits per heavy atom. The first kappa shape index (κ1) is 15.2.